The van der Waals surface area contributed by atoms with Crippen LogP contribution in [0.25, 0.3) is 0 Å². The number of carbonyl (C=O) groups excluding carboxylic acids is 1. The standard InChI is InChI=1S/C11H22O/c1-8(2)10(5)6-7-11(12)9(3)4/h8-10H,6-7H2,1-5H3/t10-/m1/s1. The SMILES string of the molecule is CC(C)C(=O)CC[C@@H](C)C(C)C. The van der Waals surface area contributed by atoms with Crippen LogP contribution in [0, 0.1) is 17.8 Å². The lowest BCUT2D eigenvalue weighted by atomic mass is 9.91. The highest BCUT2D eigenvalue weighted by molar-refractivity contribution is 5.80. The summed E-state index contributed by atoms with van der Waals surface area (Å²) in [6, 6.07) is 0. The summed E-state index contributed by atoms with van der Waals surface area (Å²) >= 11 is 0. The van der Waals surface area contributed by atoms with Crippen LogP contribution >= 0.6 is 0 Å². The summed E-state index contributed by atoms with van der Waals surface area (Å²) in [6.45, 7) is 10.6. The minimum atomic E-state index is 0.212. The van der Waals surface area contributed by atoms with Crippen molar-refractivity contribution in [3.63, 3.8) is 0 Å². The van der Waals surface area contributed by atoms with Crippen LogP contribution in [0.2, 0.25) is 0 Å². The van der Waals surface area contributed by atoms with Gasteiger partial charge in [0.1, 0.15) is 5.78 Å². The van der Waals surface area contributed by atoms with Gasteiger partial charge >= 0.3 is 0 Å². The minimum absolute atomic E-state index is 0.212. The molecule has 0 saturated heterocycles. The van der Waals surface area contributed by atoms with Crippen molar-refractivity contribution < 1.29 is 4.79 Å². The molecule has 0 saturated carbocycles. The van der Waals surface area contributed by atoms with Gasteiger partial charge in [-0.2, -0.15) is 0 Å². The third kappa shape index (κ3) is 4.53. The van der Waals surface area contributed by atoms with Crippen molar-refractivity contribution in [3.8, 4) is 0 Å². The Hall–Kier alpha value is -0.330. The van der Waals surface area contributed by atoms with Crippen LogP contribution in [-0.4, -0.2) is 5.78 Å². The molecule has 0 aliphatic rings. The fourth-order valence-electron chi connectivity index (χ4n) is 0.992. The third-order valence-electron chi connectivity index (χ3n) is 2.63. The van der Waals surface area contributed by atoms with Crippen LogP contribution in [0.1, 0.15) is 47.5 Å². The molecule has 0 aliphatic heterocycles. The predicted octanol–water partition coefficient (Wildman–Crippen LogP) is 3.28. The number of hydrogen-bond acceptors (Lipinski definition) is 1. The van der Waals surface area contributed by atoms with E-state index in [2.05, 4.69) is 20.8 Å². The number of Topliss-reactive ketones (excluding diaryl/α,β-unsaturated/α-hetero) is 1. The normalized spacial score (nSPS) is 13.9. The second-order valence-electron chi connectivity index (χ2n) is 4.38. The Morgan fingerprint density at radius 1 is 1.08 bits per heavy atom. The largest absolute Gasteiger partial charge is 0.299 e. The highest BCUT2D eigenvalue weighted by atomic mass is 16.1. The monoisotopic (exact) mass is 170 g/mol. The molecule has 0 aliphatic carbocycles. The van der Waals surface area contributed by atoms with Crippen molar-refractivity contribution in [2.24, 2.45) is 17.8 Å². The van der Waals surface area contributed by atoms with E-state index in [0.717, 1.165) is 12.8 Å². The highest BCUT2D eigenvalue weighted by Gasteiger charge is 2.11. The van der Waals surface area contributed by atoms with Gasteiger partial charge in [0, 0.05) is 12.3 Å². The summed E-state index contributed by atoms with van der Waals surface area (Å²) in [7, 11) is 0. The van der Waals surface area contributed by atoms with Gasteiger partial charge in [-0.05, 0) is 18.3 Å². The van der Waals surface area contributed by atoms with Gasteiger partial charge in [-0.15, -0.1) is 0 Å². The molecule has 0 aromatic carbocycles. The van der Waals surface area contributed by atoms with Crippen LogP contribution in [0.3, 0.4) is 0 Å². The van der Waals surface area contributed by atoms with Gasteiger partial charge in [0.2, 0.25) is 0 Å². The molecule has 0 aromatic heterocycles. The van der Waals surface area contributed by atoms with Crippen molar-refractivity contribution in [1.29, 1.82) is 0 Å². The average Bonchev–Trinajstić information content (AvgIpc) is 1.98. The summed E-state index contributed by atoms with van der Waals surface area (Å²) in [5, 5.41) is 0. The van der Waals surface area contributed by atoms with E-state index in [-0.39, 0.29) is 5.92 Å². The summed E-state index contributed by atoms with van der Waals surface area (Å²) < 4.78 is 0. The van der Waals surface area contributed by atoms with Gasteiger partial charge in [0.15, 0.2) is 0 Å². The zero-order chi connectivity index (χ0) is 9.72. The lowest BCUT2D eigenvalue weighted by Gasteiger charge is -2.14. The van der Waals surface area contributed by atoms with Crippen LogP contribution in [0.5, 0.6) is 0 Å². The molecule has 1 atom stereocenters. The first kappa shape index (κ1) is 11.7. The zero-order valence-corrected chi connectivity index (χ0v) is 9.05. The van der Waals surface area contributed by atoms with E-state index in [0.29, 0.717) is 17.6 Å². The second-order valence-corrected chi connectivity index (χ2v) is 4.38. The maximum Gasteiger partial charge on any atom is 0.135 e. The first-order valence-electron chi connectivity index (χ1n) is 4.97. The van der Waals surface area contributed by atoms with Crippen molar-refractivity contribution in [1.82, 2.24) is 0 Å². The Morgan fingerprint density at radius 2 is 1.58 bits per heavy atom. The molecule has 72 valence electrons. The molecule has 0 heterocycles. The molecule has 0 spiro atoms. The number of hydrogen-bond donors (Lipinski definition) is 0. The maximum atomic E-state index is 11.3. The molecule has 1 nitrogen and oxygen atoms in total. The van der Waals surface area contributed by atoms with E-state index >= 15 is 0 Å². The molecule has 0 N–H and O–H groups in total. The van der Waals surface area contributed by atoms with Crippen molar-refractivity contribution in [2.75, 3.05) is 0 Å². The molecule has 0 radical (unpaired) electrons. The molecule has 0 bridgehead atoms. The zero-order valence-electron chi connectivity index (χ0n) is 9.05. The number of rotatable bonds is 5. The quantitative estimate of drug-likeness (QED) is 0.619. The Balaban J connectivity index is 3.61. The van der Waals surface area contributed by atoms with E-state index in [1.165, 1.54) is 0 Å². The summed E-state index contributed by atoms with van der Waals surface area (Å²) in [6.07, 6.45) is 1.81. The third-order valence-corrected chi connectivity index (χ3v) is 2.63. The van der Waals surface area contributed by atoms with E-state index < -0.39 is 0 Å². The molecule has 0 rings (SSSR count). The number of carbonyl (C=O) groups is 1. The van der Waals surface area contributed by atoms with Crippen LogP contribution in [0.4, 0.5) is 0 Å². The van der Waals surface area contributed by atoms with Gasteiger partial charge in [0.05, 0.1) is 0 Å². The smallest absolute Gasteiger partial charge is 0.135 e. The topological polar surface area (TPSA) is 17.1 Å². The van der Waals surface area contributed by atoms with Gasteiger partial charge in [-0.25, -0.2) is 0 Å². The Labute approximate surface area is 76.6 Å². The van der Waals surface area contributed by atoms with Gasteiger partial charge in [0.25, 0.3) is 0 Å². The van der Waals surface area contributed by atoms with Gasteiger partial charge in [-0.1, -0.05) is 34.6 Å². The molecule has 0 aromatic rings. The summed E-state index contributed by atoms with van der Waals surface area (Å²) in [5.41, 5.74) is 0. The highest BCUT2D eigenvalue weighted by Crippen LogP contribution is 2.17. The first-order chi connectivity index (χ1) is 5.45. The summed E-state index contributed by atoms with van der Waals surface area (Å²) in [4.78, 5) is 11.3. The second kappa shape index (κ2) is 5.34. The Morgan fingerprint density at radius 3 is 1.92 bits per heavy atom. The molecule has 0 unspecified atom stereocenters. The van der Waals surface area contributed by atoms with E-state index in [9.17, 15) is 4.79 Å². The van der Waals surface area contributed by atoms with Gasteiger partial charge < -0.3 is 0 Å². The maximum absolute atomic E-state index is 11.3. The molecule has 0 amide bonds. The average molecular weight is 170 g/mol. The Bertz CT molecular complexity index is 136. The fourth-order valence-corrected chi connectivity index (χ4v) is 0.992. The van der Waals surface area contributed by atoms with Crippen molar-refractivity contribution in [3.05, 3.63) is 0 Å². The minimum Gasteiger partial charge on any atom is -0.299 e. The molecular formula is C11H22O. The lowest BCUT2D eigenvalue weighted by molar-refractivity contribution is -0.122. The summed E-state index contributed by atoms with van der Waals surface area (Å²) in [5.74, 6) is 1.99. The van der Waals surface area contributed by atoms with Gasteiger partial charge in [-0.3, -0.25) is 4.79 Å². The molecule has 12 heavy (non-hydrogen) atoms. The van der Waals surface area contributed by atoms with E-state index in [4.69, 9.17) is 0 Å². The van der Waals surface area contributed by atoms with Crippen molar-refractivity contribution >= 4 is 5.78 Å². The predicted molar refractivity (Wildman–Crippen MR) is 53.1 cm³/mol. The first-order valence-corrected chi connectivity index (χ1v) is 4.97. The fraction of sp³-hybridized carbons (Fsp3) is 0.909. The van der Waals surface area contributed by atoms with Crippen LogP contribution < -0.4 is 0 Å². The van der Waals surface area contributed by atoms with Crippen LogP contribution in [0.15, 0.2) is 0 Å². The Kier molecular flexibility index (Phi) is 5.19. The van der Waals surface area contributed by atoms with Crippen LogP contribution in [-0.2, 0) is 4.79 Å². The molecule has 0 fully saturated rings. The lowest BCUT2D eigenvalue weighted by Crippen LogP contribution is -2.11. The van der Waals surface area contributed by atoms with E-state index in [1.807, 2.05) is 13.8 Å². The number of ketones is 1. The van der Waals surface area contributed by atoms with Crippen molar-refractivity contribution in [2.45, 2.75) is 47.5 Å². The molecule has 1 heteroatoms. The molecular weight excluding hydrogens is 148 g/mol. The van der Waals surface area contributed by atoms with E-state index in [1.54, 1.807) is 0 Å².